The Bertz CT molecular complexity index is 576. The van der Waals surface area contributed by atoms with E-state index in [0.717, 1.165) is 4.73 Å². The van der Waals surface area contributed by atoms with E-state index in [1.54, 1.807) is 24.3 Å². The minimum Gasteiger partial charge on any atom is -0.333 e. The van der Waals surface area contributed by atoms with Crippen molar-refractivity contribution in [3.8, 4) is 0 Å². The third-order valence-electron chi connectivity index (χ3n) is 1.77. The lowest BCUT2D eigenvalue weighted by Crippen LogP contribution is -2.32. The van der Waals surface area contributed by atoms with Gasteiger partial charge < -0.3 is 4.84 Å². The van der Waals surface area contributed by atoms with Crippen molar-refractivity contribution in [2.75, 3.05) is 0 Å². The average Bonchev–Trinajstić information content (AvgIpc) is 2.22. The van der Waals surface area contributed by atoms with Crippen LogP contribution in [0.1, 0.15) is 6.92 Å². The molecule has 0 bridgehead atoms. The predicted octanol–water partition coefficient (Wildman–Crippen LogP) is -0.114. The van der Waals surface area contributed by atoms with E-state index in [9.17, 15) is 4.79 Å². The van der Waals surface area contributed by atoms with Crippen molar-refractivity contribution < 1.29 is 9.63 Å². The van der Waals surface area contributed by atoms with Crippen molar-refractivity contribution in [3.63, 3.8) is 0 Å². The first kappa shape index (κ1) is 9.32. The molecule has 6 nitrogen and oxygen atoms in total. The van der Waals surface area contributed by atoms with Crippen LogP contribution in [0.5, 0.6) is 0 Å². The van der Waals surface area contributed by atoms with E-state index < -0.39 is 5.97 Å². The van der Waals surface area contributed by atoms with E-state index >= 15 is 0 Å². The highest BCUT2D eigenvalue weighted by Gasteiger charge is 2.05. The van der Waals surface area contributed by atoms with Gasteiger partial charge in [0.2, 0.25) is 0 Å². The van der Waals surface area contributed by atoms with Crippen LogP contribution in [0.15, 0.2) is 24.3 Å². The number of nitrogens with zero attached hydrogens (tertiary/aromatic N) is 3. The second-order valence-electron chi connectivity index (χ2n) is 2.89. The number of carbonyl (C=O) groups is 1. The molecule has 0 spiro atoms. The van der Waals surface area contributed by atoms with Crippen molar-refractivity contribution in [3.05, 3.63) is 29.9 Å². The Morgan fingerprint density at radius 3 is 2.87 bits per heavy atom. The quantitative estimate of drug-likeness (QED) is 0.702. The molecule has 0 atom stereocenters. The van der Waals surface area contributed by atoms with Crippen LogP contribution >= 0.6 is 0 Å². The van der Waals surface area contributed by atoms with Gasteiger partial charge in [-0.2, -0.15) is 0 Å². The third-order valence-corrected chi connectivity index (χ3v) is 1.77. The van der Waals surface area contributed by atoms with Gasteiger partial charge in [-0.15, -0.1) is 14.9 Å². The average molecular weight is 204 g/mol. The molecule has 0 saturated heterocycles. The monoisotopic (exact) mass is 204 g/mol. The van der Waals surface area contributed by atoms with Crippen LogP contribution in [0.25, 0.3) is 11.0 Å². The molecule has 76 valence electrons. The normalized spacial score (nSPS) is 10.2. The summed E-state index contributed by atoms with van der Waals surface area (Å²) in [5.74, 6) is -0.508. The van der Waals surface area contributed by atoms with E-state index in [0.29, 0.717) is 11.0 Å². The molecule has 0 fully saturated rings. The Kier molecular flexibility index (Phi) is 2.17. The molecule has 0 saturated carbocycles. The maximum atomic E-state index is 10.8. The minimum atomic E-state index is -0.508. The van der Waals surface area contributed by atoms with Crippen LogP contribution in [0, 0.1) is 5.41 Å². The maximum absolute atomic E-state index is 10.8. The van der Waals surface area contributed by atoms with Crippen molar-refractivity contribution in [1.29, 1.82) is 5.41 Å². The highest BCUT2D eigenvalue weighted by atomic mass is 16.7. The summed E-state index contributed by atoms with van der Waals surface area (Å²) in [5.41, 5.74) is 0.881. The zero-order valence-electron chi connectivity index (χ0n) is 7.97. The summed E-state index contributed by atoms with van der Waals surface area (Å²) in [6.45, 7) is 1.27. The number of rotatable bonds is 1. The molecule has 0 aliphatic rings. The molecule has 6 heteroatoms. The van der Waals surface area contributed by atoms with Gasteiger partial charge in [-0.25, -0.2) is 4.79 Å². The van der Waals surface area contributed by atoms with Crippen molar-refractivity contribution in [2.24, 2.45) is 0 Å². The summed E-state index contributed by atoms with van der Waals surface area (Å²) < 4.78 is 1.05. The molecule has 0 aliphatic heterocycles. The number of para-hydroxylation sites is 1. The molecule has 0 unspecified atom stereocenters. The summed E-state index contributed by atoms with van der Waals surface area (Å²) in [4.78, 5) is 15.7. The first-order valence-corrected chi connectivity index (χ1v) is 4.26. The molecule has 1 aromatic heterocycles. The van der Waals surface area contributed by atoms with Crippen LogP contribution in [-0.2, 0) is 4.79 Å². The van der Waals surface area contributed by atoms with Crippen LogP contribution in [0.2, 0.25) is 0 Å². The van der Waals surface area contributed by atoms with Gasteiger partial charge in [0.25, 0.3) is 5.62 Å². The summed E-state index contributed by atoms with van der Waals surface area (Å²) in [5, 5.41) is 14.8. The first-order valence-electron chi connectivity index (χ1n) is 4.26. The standard InChI is InChI=1S/C9H8N4O2/c1-6(14)15-13-8-5-3-2-4-7(8)11-12-9(13)10/h2-5,10H,1H3. The van der Waals surface area contributed by atoms with Crippen molar-refractivity contribution in [2.45, 2.75) is 6.92 Å². The molecular formula is C9H8N4O2. The van der Waals surface area contributed by atoms with Crippen LogP contribution in [-0.4, -0.2) is 20.9 Å². The van der Waals surface area contributed by atoms with Gasteiger partial charge in [0.05, 0.1) is 0 Å². The Hall–Kier alpha value is -2.24. The summed E-state index contributed by atoms with van der Waals surface area (Å²) in [6.07, 6.45) is 0. The fraction of sp³-hybridized carbons (Fsp3) is 0.111. The van der Waals surface area contributed by atoms with Gasteiger partial charge in [0, 0.05) is 6.92 Å². The molecule has 0 radical (unpaired) electrons. The van der Waals surface area contributed by atoms with Gasteiger partial charge in [-0.3, -0.25) is 5.41 Å². The predicted molar refractivity (Wildman–Crippen MR) is 50.6 cm³/mol. The van der Waals surface area contributed by atoms with Gasteiger partial charge in [-0.1, -0.05) is 12.1 Å². The largest absolute Gasteiger partial charge is 0.333 e. The molecule has 2 aromatic rings. The van der Waals surface area contributed by atoms with E-state index in [1.165, 1.54) is 6.92 Å². The minimum absolute atomic E-state index is 0.219. The number of fused-ring (bicyclic) bond motifs is 1. The SMILES string of the molecule is CC(=O)On1c(=N)nnc2ccccc21. The number of aromatic nitrogens is 3. The Balaban J connectivity index is 2.74. The lowest BCUT2D eigenvalue weighted by atomic mass is 10.3. The van der Waals surface area contributed by atoms with Crippen LogP contribution in [0.3, 0.4) is 0 Å². The summed E-state index contributed by atoms with van der Waals surface area (Å²) in [7, 11) is 0. The molecule has 2 rings (SSSR count). The van der Waals surface area contributed by atoms with Crippen molar-refractivity contribution >= 4 is 17.0 Å². The third kappa shape index (κ3) is 1.69. The maximum Gasteiger partial charge on any atom is 0.330 e. The number of hydrogen-bond acceptors (Lipinski definition) is 5. The fourth-order valence-corrected chi connectivity index (χ4v) is 1.20. The highest BCUT2D eigenvalue weighted by molar-refractivity contribution is 5.74. The molecule has 1 N–H and O–H groups in total. The van der Waals surface area contributed by atoms with E-state index in [1.807, 2.05) is 0 Å². The van der Waals surface area contributed by atoms with E-state index in [-0.39, 0.29) is 5.62 Å². The zero-order valence-corrected chi connectivity index (χ0v) is 7.97. The van der Waals surface area contributed by atoms with Gasteiger partial charge in [-0.05, 0) is 12.1 Å². The Labute approximate surface area is 84.6 Å². The Morgan fingerprint density at radius 2 is 2.13 bits per heavy atom. The highest BCUT2D eigenvalue weighted by Crippen LogP contribution is 2.05. The molecule has 15 heavy (non-hydrogen) atoms. The molecule has 1 aromatic carbocycles. The first-order chi connectivity index (χ1) is 7.18. The van der Waals surface area contributed by atoms with Gasteiger partial charge in [0.15, 0.2) is 0 Å². The summed E-state index contributed by atoms with van der Waals surface area (Å²) in [6, 6.07) is 6.98. The molecule has 1 heterocycles. The van der Waals surface area contributed by atoms with Crippen molar-refractivity contribution in [1.82, 2.24) is 14.9 Å². The second-order valence-corrected chi connectivity index (χ2v) is 2.89. The fourth-order valence-electron chi connectivity index (χ4n) is 1.20. The Morgan fingerprint density at radius 1 is 1.40 bits per heavy atom. The van der Waals surface area contributed by atoms with Crippen LogP contribution < -0.4 is 10.5 Å². The number of carbonyl (C=O) groups excluding carboxylic acids is 1. The molecule has 0 aliphatic carbocycles. The van der Waals surface area contributed by atoms with Gasteiger partial charge in [0.1, 0.15) is 11.0 Å². The van der Waals surface area contributed by atoms with E-state index in [4.69, 9.17) is 10.2 Å². The number of nitrogens with one attached hydrogen (secondary N) is 1. The second kappa shape index (κ2) is 3.49. The van der Waals surface area contributed by atoms with Gasteiger partial charge >= 0.3 is 5.97 Å². The lowest BCUT2D eigenvalue weighted by molar-refractivity contribution is -0.141. The molecular weight excluding hydrogens is 196 g/mol. The lowest BCUT2D eigenvalue weighted by Gasteiger charge is -2.06. The zero-order chi connectivity index (χ0) is 10.8. The topological polar surface area (TPSA) is 80.9 Å². The smallest absolute Gasteiger partial charge is 0.330 e. The summed E-state index contributed by atoms with van der Waals surface area (Å²) >= 11 is 0. The van der Waals surface area contributed by atoms with Crippen LogP contribution in [0.4, 0.5) is 0 Å². The number of benzene rings is 1. The molecule has 0 amide bonds. The number of hydrogen-bond donors (Lipinski definition) is 1. The van der Waals surface area contributed by atoms with E-state index in [2.05, 4.69) is 10.2 Å².